The normalized spacial score (nSPS) is 21.6. The highest BCUT2D eigenvalue weighted by Crippen LogP contribution is 2.30. The van der Waals surface area contributed by atoms with Crippen LogP contribution in [0.15, 0.2) is 36.9 Å². The Morgan fingerprint density at radius 3 is 3.17 bits per heavy atom. The first-order valence-corrected chi connectivity index (χ1v) is 7.42. The summed E-state index contributed by atoms with van der Waals surface area (Å²) in [5.41, 5.74) is 0. The molecule has 0 aliphatic carbocycles. The van der Waals surface area contributed by atoms with Gasteiger partial charge in [-0.1, -0.05) is 24.5 Å². The zero-order chi connectivity index (χ0) is 12.8. The Balaban J connectivity index is 2.21. The SMILES string of the molecule is C=CC#CC1C=CC(=c2ccc(=COCC)s2)S1. The molecular weight excluding hydrogens is 260 g/mol. The van der Waals surface area contributed by atoms with Gasteiger partial charge < -0.3 is 4.74 Å². The van der Waals surface area contributed by atoms with Crippen molar-refractivity contribution in [3.63, 3.8) is 0 Å². The topological polar surface area (TPSA) is 9.23 Å². The molecule has 0 N–H and O–H groups in total. The molecule has 0 radical (unpaired) electrons. The van der Waals surface area contributed by atoms with Crippen LogP contribution in [0, 0.1) is 11.8 Å². The highest BCUT2D eigenvalue weighted by molar-refractivity contribution is 8.09. The maximum Gasteiger partial charge on any atom is 0.100 e. The summed E-state index contributed by atoms with van der Waals surface area (Å²) in [7, 11) is 0. The molecule has 0 saturated heterocycles. The van der Waals surface area contributed by atoms with Crippen LogP contribution in [-0.4, -0.2) is 11.9 Å². The van der Waals surface area contributed by atoms with Crippen molar-refractivity contribution in [2.24, 2.45) is 0 Å². The summed E-state index contributed by atoms with van der Waals surface area (Å²) in [4.78, 5) is 1.28. The second-order valence-electron chi connectivity index (χ2n) is 3.53. The van der Waals surface area contributed by atoms with Gasteiger partial charge in [-0.3, -0.25) is 0 Å². The van der Waals surface area contributed by atoms with Crippen molar-refractivity contribution in [2.75, 3.05) is 6.61 Å². The van der Waals surface area contributed by atoms with Crippen LogP contribution in [-0.2, 0) is 4.74 Å². The average molecular weight is 274 g/mol. The van der Waals surface area contributed by atoms with Gasteiger partial charge >= 0.3 is 0 Å². The molecular formula is C15H14OS2. The van der Waals surface area contributed by atoms with E-state index in [1.165, 1.54) is 9.44 Å². The third-order valence-electron chi connectivity index (χ3n) is 2.24. The van der Waals surface area contributed by atoms with E-state index in [1.807, 2.05) is 13.2 Å². The molecule has 1 aromatic rings. The van der Waals surface area contributed by atoms with Gasteiger partial charge in [-0.2, -0.15) is 0 Å². The molecule has 1 atom stereocenters. The van der Waals surface area contributed by atoms with Crippen molar-refractivity contribution in [1.82, 2.24) is 0 Å². The largest absolute Gasteiger partial charge is 0.500 e. The molecule has 3 heteroatoms. The van der Waals surface area contributed by atoms with Crippen LogP contribution in [0.3, 0.4) is 0 Å². The van der Waals surface area contributed by atoms with Crippen molar-refractivity contribution >= 4 is 34.3 Å². The minimum absolute atomic E-state index is 0.249. The number of rotatable bonds is 2. The summed E-state index contributed by atoms with van der Waals surface area (Å²) in [5.74, 6) is 6.03. The quantitative estimate of drug-likeness (QED) is 0.766. The molecule has 2 rings (SSSR count). The molecule has 1 aliphatic rings. The minimum atomic E-state index is 0.249. The first kappa shape index (κ1) is 13.1. The van der Waals surface area contributed by atoms with Gasteiger partial charge in [0.2, 0.25) is 0 Å². The maximum absolute atomic E-state index is 5.29. The molecule has 1 nitrogen and oxygen atoms in total. The lowest BCUT2D eigenvalue weighted by atomic mass is 10.3. The van der Waals surface area contributed by atoms with E-state index in [9.17, 15) is 0 Å². The van der Waals surface area contributed by atoms with Gasteiger partial charge in [0.25, 0.3) is 0 Å². The summed E-state index contributed by atoms with van der Waals surface area (Å²) < 4.78 is 7.70. The van der Waals surface area contributed by atoms with Gasteiger partial charge in [0.15, 0.2) is 0 Å². The van der Waals surface area contributed by atoms with Gasteiger partial charge in [0.05, 0.1) is 16.4 Å². The van der Waals surface area contributed by atoms with Crippen molar-refractivity contribution in [3.05, 3.63) is 46.0 Å². The van der Waals surface area contributed by atoms with E-state index >= 15 is 0 Å². The fourth-order valence-corrected chi connectivity index (χ4v) is 3.44. The standard InChI is InChI=1S/C15H14OS2/c1-3-5-6-12-7-9-14(17-12)15-10-8-13(18-15)11-16-4-2/h3,7-12H,1,4H2,2H3. The fourth-order valence-electron chi connectivity index (χ4n) is 1.46. The van der Waals surface area contributed by atoms with Gasteiger partial charge in [-0.15, -0.1) is 23.1 Å². The highest BCUT2D eigenvalue weighted by atomic mass is 32.2. The number of thioether (sulfide) groups is 1. The lowest BCUT2D eigenvalue weighted by molar-refractivity contribution is 0.316. The maximum atomic E-state index is 5.29. The third-order valence-corrected chi connectivity index (χ3v) is 4.55. The third kappa shape index (κ3) is 3.32. The van der Waals surface area contributed by atoms with E-state index in [0.29, 0.717) is 6.61 Å². The van der Waals surface area contributed by atoms with E-state index in [1.54, 1.807) is 29.2 Å². The van der Waals surface area contributed by atoms with Crippen LogP contribution >= 0.6 is 23.1 Å². The Hall–Kier alpha value is -1.37. The van der Waals surface area contributed by atoms with Gasteiger partial charge in [0, 0.05) is 9.44 Å². The number of hydrogen-bond acceptors (Lipinski definition) is 3. The zero-order valence-electron chi connectivity index (χ0n) is 10.2. The zero-order valence-corrected chi connectivity index (χ0v) is 11.8. The molecule has 0 aromatic carbocycles. The summed E-state index contributed by atoms with van der Waals surface area (Å²) in [5, 5.41) is 0.249. The number of thiophene rings is 1. The van der Waals surface area contributed by atoms with Crippen LogP contribution < -0.4 is 9.06 Å². The molecule has 1 aromatic heterocycles. The predicted octanol–water partition coefficient (Wildman–Crippen LogP) is 2.49. The van der Waals surface area contributed by atoms with Crippen molar-refractivity contribution in [3.8, 4) is 11.8 Å². The lowest BCUT2D eigenvalue weighted by Gasteiger charge is -1.95. The number of hydrogen-bond donors (Lipinski definition) is 0. The highest BCUT2D eigenvalue weighted by Gasteiger charge is 2.12. The van der Waals surface area contributed by atoms with Crippen LogP contribution in [0.25, 0.3) is 11.2 Å². The van der Waals surface area contributed by atoms with E-state index in [2.05, 4.69) is 42.7 Å². The van der Waals surface area contributed by atoms with E-state index in [4.69, 9.17) is 4.74 Å². The molecule has 2 heterocycles. The molecule has 0 amide bonds. The van der Waals surface area contributed by atoms with E-state index in [0.717, 1.165) is 4.53 Å². The molecule has 92 valence electrons. The Bertz CT molecular complexity index is 625. The van der Waals surface area contributed by atoms with Crippen LogP contribution in [0.5, 0.6) is 0 Å². The molecule has 0 bridgehead atoms. The van der Waals surface area contributed by atoms with Crippen LogP contribution in [0.1, 0.15) is 6.92 Å². The second-order valence-corrected chi connectivity index (χ2v) is 5.83. The average Bonchev–Trinajstić information content (AvgIpc) is 3.02. The fraction of sp³-hybridized carbons (Fsp3) is 0.200. The smallest absolute Gasteiger partial charge is 0.100 e. The minimum Gasteiger partial charge on any atom is -0.500 e. The Morgan fingerprint density at radius 2 is 2.39 bits per heavy atom. The first-order chi connectivity index (χ1) is 8.83. The van der Waals surface area contributed by atoms with E-state index < -0.39 is 0 Å². The van der Waals surface area contributed by atoms with Crippen molar-refractivity contribution in [1.29, 1.82) is 0 Å². The van der Waals surface area contributed by atoms with Crippen molar-refractivity contribution < 1.29 is 4.74 Å². The molecule has 18 heavy (non-hydrogen) atoms. The number of ether oxygens (including phenoxy) is 1. The molecule has 1 unspecified atom stereocenters. The Morgan fingerprint density at radius 1 is 1.50 bits per heavy atom. The molecule has 1 aliphatic heterocycles. The van der Waals surface area contributed by atoms with Gasteiger partial charge in [-0.25, -0.2) is 0 Å². The summed E-state index contributed by atoms with van der Waals surface area (Å²) in [6.07, 6.45) is 7.71. The monoisotopic (exact) mass is 274 g/mol. The molecule has 0 spiro atoms. The molecule has 0 saturated carbocycles. The van der Waals surface area contributed by atoms with E-state index in [-0.39, 0.29) is 5.25 Å². The Kier molecular flexibility index (Phi) is 4.74. The molecule has 0 fully saturated rings. The first-order valence-electron chi connectivity index (χ1n) is 5.72. The lowest BCUT2D eigenvalue weighted by Crippen LogP contribution is -1.96. The predicted molar refractivity (Wildman–Crippen MR) is 81.6 cm³/mol. The second kappa shape index (κ2) is 6.53. The van der Waals surface area contributed by atoms with Gasteiger partial charge in [0.1, 0.15) is 6.26 Å². The van der Waals surface area contributed by atoms with Crippen molar-refractivity contribution in [2.45, 2.75) is 12.2 Å². The summed E-state index contributed by atoms with van der Waals surface area (Å²) in [6.45, 7) is 6.29. The summed E-state index contributed by atoms with van der Waals surface area (Å²) >= 11 is 3.52. The van der Waals surface area contributed by atoms with Gasteiger partial charge in [-0.05, 0) is 31.2 Å². The summed E-state index contributed by atoms with van der Waals surface area (Å²) in [6, 6.07) is 4.21. The van der Waals surface area contributed by atoms with Crippen LogP contribution in [0.2, 0.25) is 0 Å². The van der Waals surface area contributed by atoms with Crippen LogP contribution in [0.4, 0.5) is 0 Å². The Labute approximate surface area is 116 Å². The number of allylic oxidation sites excluding steroid dienone is 1.